The zero-order valence-corrected chi connectivity index (χ0v) is 6.26. The molecule has 0 aliphatic heterocycles. The first-order valence-electron chi connectivity index (χ1n) is 3.09. The van der Waals surface area contributed by atoms with Crippen molar-refractivity contribution in [1.29, 1.82) is 0 Å². The Morgan fingerprint density at radius 3 is 2.60 bits per heavy atom. The predicted octanol–water partition coefficient (Wildman–Crippen LogP) is 0.486. The maximum atomic E-state index is 10.7. The van der Waals surface area contributed by atoms with Crippen LogP contribution in [0.2, 0.25) is 0 Å². The molecule has 0 unspecified atom stereocenters. The Bertz CT molecular complexity index is 140. The molecular weight excluding hydrogens is 132 g/mol. The van der Waals surface area contributed by atoms with Crippen LogP contribution in [-0.4, -0.2) is 23.8 Å². The lowest BCUT2D eigenvalue weighted by Crippen LogP contribution is -2.23. The minimum absolute atomic E-state index is 0.281. The van der Waals surface area contributed by atoms with Gasteiger partial charge in [0.15, 0.2) is 6.10 Å². The predicted molar refractivity (Wildman–Crippen MR) is 37.5 cm³/mol. The average molecular weight is 144 g/mol. The van der Waals surface area contributed by atoms with E-state index in [-0.39, 0.29) is 6.61 Å². The van der Waals surface area contributed by atoms with E-state index in [1.54, 1.807) is 13.8 Å². The van der Waals surface area contributed by atoms with Crippen molar-refractivity contribution in [2.75, 3.05) is 6.61 Å². The van der Waals surface area contributed by atoms with Gasteiger partial charge in [0.1, 0.15) is 0 Å². The Morgan fingerprint density at radius 1 is 1.80 bits per heavy atom. The lowest BCUT2D eigenvalue weighted by Gasteiger charge is -2.07. The van der Waals surface area contributed by atoms with Gasteiger partial charge in [0.05, 0.1) is 6.61 Å². The van der Waals surface area contributed by atoms with Crippen LogP contribution in [0, 0.1) is 0 Å². The van der Waals surface area contributed by atoms with Crippen molar-refractivity contribution in [3.05, 3.63) is 12.2 Å². The van der Waals surface area contributed by atoms with Crippen LogP contribution in [0.4, 0.5) is 0 Å². The van der Waals surface area contributed by atoms with E-state index < -0.39 is 12.1 Å². The molecule has 0 saturated heterocycles. The van der Waals surface area contributed by atoms with E-state index in [9.17, 15) is 4.79 Å². The highest BCUT2D eigenvalue weighted by Gasteiger charge is 2.15. The first-order valence-corrected chi connectivity index (χ1v) is 3.09. The van der Waals surface area contributed by atoms with Crippen molar-refractivity contribution < 1.29 is 14.6 Å². The summed E-state index contributed by atoms with van der Waals surface area (Å²) < 4.78 is 4.52. The highest BCUT2D eigenvalue weighted by Crippen LogP contribution is 1.99. The van der Waals surface area contributed by atoms with Crippen LogP contribution >= 0.6 is 0 Å². The van der Waals surface area contributed by atoms with Crippen molar-refractivity contribution in [1.82, 2.24) is 0 Å². The van der Waals surface area contributed by atoms with Gasteiger partial charge in [-0.2, -0.15) is 0 Å². The van der Waals surface area contributed by atoms with Crippen molar-refractivity contribution in [3.8, 4) is 0 Å². The minimum atomic E-state index is -1.17. The van der Waals surface area contributed by atoms with Crippen LogP contribution in [0.3, 0.4) is 0 Å². The number of carbonyl (C=O) groups excluding carboxylic acids is 1. The number of ether oxygens (including phenoxy) is 1. The van der Waals surface area contributed by atoms with E-state index >= 15 is 0 Å². The molecule has 3 nitrogen and oxygen atoms in total. The SMILES string of the molecule is C=C(C)[C@H](O)C(=O)OCC. The van der Waals surface area contributed by atoms with Gasteiger partial charge in [-0.25, -0.2) is 4.79 Å². The van der Waals surface area contributed by atoms with Crippen molar-refractivity contribution >= 4 is 5.97 Å². The zero-order valence-electron chi connectivity index (χ0n) is 6.26. The molecule has 0 aromatic carbocycles. The number of hydrogen-bond acceptors (Lipinski definition) is 3. The first-order chi connectivity index (χ1) is 4.59. The Hall–Kier alpha value is -0.830. The molecule has 0 aliphatic carbocycles. The fraction of sp³-hybridized carbons (Fsp3) is 0.571. The molecule has 0 bridgehead atoms. The molecule has 10 heavy (non-hydrogen) atoms. The lowest BCUT2D eigenvalue weighted by molar-refractivity contribution is -0.150. The summed E-state index contributed by atoms with van der Waals surface area (Å²) in [5.41, 5.74) is 0.401. The molecule has 58 valence electrons. The summed E-state index contributed by atoms with van der Waals surface area (Å²) in [6.07, 6.45) is -1.17. The molecular formula is C7H12O3. The Kier molecular flexibility index (Phi) is 3.72. The average Bonchev–Trinajstić information content (AvgIpc) is 1.87. The van der Waals surface area contributed by atoms with E-state index in [2.05, 4.69) is 11.3 Å². The number of aliphatic hydroxyl groups is 1. The molecule has 1 atom stereocenters. The van der Waals surface area contributed by atoms with Gasteiger partial charge in [-0.15, -0.1) is 0 Å². The largest absolute Gasteiger partial charge is 0.464 e. The summed E-state index contributed by atoms with van der Waals surface area (Å²) in [4.78, 5) is 10.7. The summed E-state index contributed by atoms with van der Waals surface area (Å²) in [7, 11) is 0. The van der Waals surface area contributed by atoms with E-state index in [1.165, 1.54) is 0 Å². The molecule has 0 heterocycles. The Morgan fingerprint density at radius 2 is 2.30 bits per heavy atom. The van der Waals surface area contributed by atoms with Crippen molar-refractivity contribution in [3.63, 3.8) is 0 Å². The molecule has 0 rings (SSSR count). The van der Waals surface area contributed by atoms with Crippen LogP contribution in [-0.2, 0) is 9.53 Å². The summed E-state index contributed by atoms with van der Waals surface area (Å²) in [5.74, 6) is -0.630. The van der Waals surface area contributed by atoms with Gasteiger partial charge in [0, 0.05) is 0 Å². The molecule has 0 aromatic heterocycles. The molecule has 0 aromatic rings. The highest BCUT2D eigenvalue weighted by atomic mass is 16.5. The fourth-order valence-corrected chi connectivity index (χ4v) is 0.422. The van der Waals surface area contributed by atoms with E-state index in [1.807, 2.05) is 0 Å². The number of hydrogen-bond donors (Lipinski definition) is 1. The minimum Gasteiger partial charge on any atom is -0.464 e. The lowest BCUT2D eigenvalue weighted by atomic mass is 10.2. The monoisotopic (exact) mass is 144 g/mol. The normalized spacial score (nSPS) is 12.3. The molecule has 0 spiro atoms. The van der Waals surface area contributed by atoms with Gasteiger partial charge < -0.3 is 9.84 Å². The zero-order chi connectivity index (χ0) is 8.15. The summed E-state index contributed by atoms with van der Waals surface area (Å²) in [5, 5.41) is 8.95. The highest BCUT2D eigenvalue weighted by molar-refractivity contribution is 5.77. The number of aliphatic hydroxyl groups excluding tert-OH is 1. The second-order valence-corrected chi connectivity index (χ2v) is 2.00. The summed E-state index contributed by atoms with van der Waals surface area (Å²) >= 11 is 0. The second kappa shape index (κ2) is 4.06. The summed E-state index contributed by atoms with van der Waals surface area (Å²) in [6, 6.07) is 0. The van der Waals surface area contributed by atoms with Gasteiger partial charge in [-0.05, 0) is 19.4 Å². The van der Waals surface area contributed by atoms with Gasteiger partial charge in [0.25, 0.3) is 0 Å². The van der Waals surface area contributed by atoms with Crippen molar-refractivity contribution in [2.45, 2.75) is 20.0 Å². The molecule has 0 aliphatic rings. The third-order valence-electron chi connectivity index (χ3n) is 0.977. The van der Waals surface area contributed by atoms with Crippen molar-refractivity contribution in [2.24, 2.45) is 0 Å². The first kappa shape index (κ1) is 9.17. The van der Waals surface area contributed by atoms with E-state index in [0.29, 0.717) is 5.57 Å². The molecule has 0 radical (unpaired) electrons. The van der Waals surface area contributed by atoms with Gasteiger partial charge >= 0.3 is 5.97 Å². The van der Waals surface area contributed by atoms with Crippen LogP contribution in [0.15, 0.2) is 12.2 Å². The van der Waals surface area contributed by atoms with E-state index in [0.717, 1.165) is 0 Å². The smallest absolute Gasteiger partial charge is 0.339 e. The van der Waals surface area contributed by atoms with Crippen LogP contribution < -0.4 is 0 Å². The Labute approximate surface area is 60.3 Å². The van der Waals surface area contributed by atoms with Gasteiger partial charge in [-0.3, -0.25) is 0 Å². The number of esters is 1. The second-order valence-electron chi connectivity index (χ2n) is 2.00. The maximum absolute atomic E-state index is 10.7. The number of carbonyl (C=O) groups is 1. The quantitative estimate of drug-likeness (QED) is 0.463. The summed E-state index contributed by atoms with van der Waals surface area (Å²) in [6.45, 7) is 6.94. The van der Waals surface area contributed by atoms with Crippen LogP contribution in [0.1, 0.15) is 13.8 Å². The third kappa shape index (κ3) is 2.64. The van der Waals surface area contributed by atoms with Crippen LogP contribution in [0.25, 0.3) is 0 Å². The molecule has 3 heteroatoms. The third-order valence-corrected chi connectivity index (χ3v) is 0.977. The molecule has 0 saturated carbocycles. The van der Waals surface area contributed by atoms with Gasteiger partial charge in [-0.1, -0.05) is 6.58 Å². The molecule has 0 fully saturated rings. The van der Waals surface area contributed by atoms with Crippen LogP contribution in [0.5, 0.6) is 0 Å². The maximum Gasteiger partial charge on any atom is 0.339 e. The molecule has 1 N–H and O–H groups in total. The topological polar surface area (TPSA) is 46.5 Å². The Balaban J connectivity index is 3.82. The molecule has 0 amide bonds. The van der Waals surface area contributed by atoms with E-state index in [4.69, 9.17) is 5.11 Å². The van der Waals surface area contributed by atoms with Gasteiger partial charge in [0.2, 0.25) is 0 Å². The standard InChI is InChI=1S/C7H12O3/c1-4-10-7(9)6(8)5(2)3/h6,8H,2,4H2,1,3H3/t6-/m0/s1. The number of rotatable bonds is 3. The fourth-order valence-electron chi connectivity index (χ4n) is 0.422.